The number of hydrogen-bond acceptors (Lipinski definition) is 8. The summed E-state index contributed by atoms with van der Waals surface area (Å²) in [6.45, 7) is 0.318. The van der Waals surface area contributed by atoms with Crippen LogP contribution in [0.25, 0.3) is 10.9 Å². The second-order valence-electron chi connectivity index (χ2n) is 10.1. The van der Waals surface area contributed by atoms with Crippen molar-refractivity contribution < 1.29 is 33.2 Å². The van der Waals surface area contributed by atoms with Crippen molar-refractivity contribution >= 4 is 28.5 Å². The van der Waals surface area contributed by atoms with Crippen molar-refractivity contribution in [3.63, 3.8) is 0 Å². The summed E-state index contributed by atoms with van der Waals surface area (Å²) in [6.07, 6.45) is 1.43. The fourth-order valence-electron chi connectivity index (χ4n) is 4.64. The Labute approximate surface area is 265 Å². The highest BCUT2D eigenvalue weighted by Crippen LogP contribution is 2.41. The molecule has 0 bridgehead atoms. The van der Waals surface area contributed by atoms with Gasteiger partial charge in [0, 0.05) is 19.3 Å². The van der Waals surface area contributed by atoms with Crippen molar-refractivity contribution in [2.75, 3.05) is 21.3 Å². The molecule has 0 amide bonds. The molecule has 0 aliphatic carbocycles. The van der Waals surface area contributed by atoms with Crippen molar-refractivity contribution in [2.24, 2.45) is 7.05 Å². The molecule has 0 spiro atoms. The number of hydrogen-bond donors (Lipinski definition) is 0. The van der Waals surface area contributed by atoms with Crippen LogP contribution in [0.15, 0.2) is 89.9 Å². The fraction of sp³-hybridized carbons (Fsp3) is 0.200. The summed E-state index contributed by atoms with van der Waals surface area (Å²) in [5.74, 6) is 1.85. The van der Waals surface area contributed by atoms with E-state index in [1.807, 2.05) is 48.5 Å². The van der Waals surface area contributed by atoms with Crippen molar-refractivity contribution in [3.8, 4) is 28.7 Å². The summed E-state index contributed by atoms with van der Waals surface area (Å²) in [5, 5.41) is 0.135. The van der Waals surface area contributed by atoms with E-state index < -0.39 is 11.4 Å². The Morgan fingerprint density at radius 2 is 1.18 bits per heavy atom. The number of aromatic nitrogens is 1. The van der Waals surface area contributed by atoms with Gasteiger partial charge in [0.2, 0.25) is 5.43 Å². The Kier molecular flexibility index (Phi) is 9.79. The van der Waals surface area contributed by atoms with Gasteiger partial charge in [-0.3, -0.25) is 4.79 Å². The van der Waals surface area contributed by atoms with Gasteiger partial charge in [0.05, 0.1) is 37.3 Å². The number of ether oxygens (including phenoxy) is 6. The lowest BCUT2D eigenvalue weighted by Gasteiger charge is -2.18. The lowest BCUT2D eigenvalue weighted by atomic mass is 10.1. The van der Waals surface area contributed by atoms with E-state index in [2.05, 4.69) is 0 Å². The largest absolute Gasteiger partial charge is 0.497 e. The average Bonchev–Trinajstić information content (AvgIpc) is 3.07. The van der Waals surface area contributed by atoms with Crippen molar-refractivity contribution in [3.05, 3.63) is 123 Å². The zero-order chi connectivity index (χ0) is 31.9. The molecule has 0 aliphatic rings. The molecule has 45 heavy (non-hydrogen) atoms. The number of halogens is 1. The van der Waals surface area contributed by atoms with Gasteiger partial charge in [-0.2, -0.15) is 0 Å². The van der Waals surface area contributed by atoms with Crippen LogP contribution in [0.2, 0.25) is 5.02 Å². The molecule has 0 N–H and O–H groups in total. The van der Waals surface area contributed by atoms with Crippen LogP contribution < -0.4 is 29.1 Å². The fourth-order valence-corrected chi connectivity index (χ4v) is 4.97. The molecule has 0 unspecified atom stereocenters. The maximum atomic E-state index is 13.7. The predicted octanol–water partition coefficient (Wildman–Crippen LogP) is 6.73. The molecule has 9 nitrogen and oxygen atoms in total. The molecular formula is C35H32ClNO8. The minimum atomic E-state index is -0.773. The standard InChI is InChI=1S/C35H32ClNO8/c1-37-18-28(35(39)45-21-24-9-15-27(42-4)16-10-24)33(38)31-29(37)17-30(43-19-22-5-11-25(40-2)12-6-22)34(32(31)36)44-20-23-7-13-26(41-3)14-8-23/h5-18H,19-21H2,1-4H3. The zero-order valence-corrected chi connectivity index (χ0v) is 26.1. The highest BCUT2D eigenvalue weighted by molar-refractivity contribution is 6.37. The molecule has 232 valence electrons. The number of esters is 1. The molecule has 5 aromatic rings. The number of pyridine rings is 1. The van der Waals surface area contributed by atoms with Gasteiger partial charge in [0.1, 0.15) is 42.6 Å². The van der Waals surface area contributed by atoms with Gasteiger partial charge >= 0.3 is 5.97 Å². The summed E-state index contributed by atoms with van der Waals surface area (Å²) in [7, 11) is 6.48. The van der Waals surface area contributed by atoms with E-state index in [0.29, 0.717) is 22.8 Å². The van der Waals surface area contributed by atoms with E-state index in [9.17, 15) is 9.59 Å². The van der Waals surface area contributed by atoms with Crippen molar-refractivity contribution in [2.45, 2.75) is 19.8 Å². The summed E-state index contributed by atoms with van der Waals surface area (Å²) in [4.78, 5) is 26.9. The first kappa shape index (κ1) is 31.3. The van der Waals surface area contributed by atoms with Crippen LogP contribution in [-0.4, -0.2) is 31.9 Å². The molecule has 1 heterocycles. The number of carbonyl (C=O) groups excluding carboxylic acids is 1. The molecule has 0 radical (unpaired) electrons. The maximum absolute atomic E-state index is 13.7. The Balaban J connectivity index is 1.48. The second kappa shape index (κ2) is 14.1. The first-order chi connectivity index (χ1) is 21.8. The van der Waals surface area contributed by atoms with Crippen LogP contribution >= 0.6 is 11.6 Å². The quantitative estimate of drug-likeness (QED) is 0.140. The van der Waals surface area contributed by atoms with Crippen LogP contribution in [0.4, 0.5) is 0 Å². The van der Waals surface area contributed by atoms with E-state index in [1.165, 1.54) is 6.20 Å². The normalized spacial score (nSPS) is 10.8. The van der Waals surface area contributed by atoms with Gasteiger partial charge in [0.25, 0.3) is 0 Å². The average molecular weight is 630 g/mol. The highest BCUT2D eigenvalue weighted by atomic mass is 35.5. The summed E-state index contributed by atoms with van der Waals surface area (Å²) in [6, 6.07) is 23.6. The second-order valence-corrected chi connectivity index (χ2v) is 10.5. The Hall–Kier alpha value is -5.15. The van der Waals surface area contributed by atoms with Crippen molar-refractivity contribution in [1.29, 1.82) is 0 Å². The third-order valence-corrected chi connectivity index (χ3v) is 7.55. The highest BCUT2D eigenvalue weighted by Gasteiger charge is 2.23. The molecule has 0 aliphatic heterocycles. The van der Waals surface area contributed by atoms with E-state index in [1.54, 1.807) is 63.3 Å². The third-order valence-electron chi connectivity index (χ3n) is 7.19. The van der Waals surface area contributed by atoms with Gasteiger partial charge in [-0.05, 0) is 53.1 Å². The number of nitrogens with zero attached hydrogens (tertiary/aromatic N) is 1. The molecule has 0 fully saturated rings. The first-order valence-corrected chi connectivity index (χ1v) is 14.4. The zero-order valence-electron chi connectivity index (χ0n) is 25.3. The lowest BCUT2D eigenvalue weighted by molar-refractivity contribution is 0.0470. The molecule has 5 rings (SSSR count). The number of methoxy groups -OCH3 is 3. The third kappa shape index (κ3) is 7.16. The SMILES string of the molecule is COc1ccc(COC(=O)c2cn(C)c3cc(OCc4ccc(OC)cc4)c(OCc4ccc(OC)cc4)c(Cl)c3c2=O)cc1. The van der Waals surface area contributed by atoms with Crippen LogP contribution in [-0.2, 0) is 31.6 Å². The minimum Gasteiger partial charge on any atom is -0.497 e. The topological polar surface area (TPSA) is 94.5 Å². The minimum absolute atomic E-state index is 0.0217. The molecule has 0 saturated heterocycles. The van der Waals surface area contributed by atoms with E-state index in [4.69, 9.17) is 40.0 Å². The van der Waals surface area contributed by atoms with Crippen LogP contribution in [0, 0.1) is 0 Å². The number of aryl methyl sites for hydroxylation is 1. The lowest BCUT2D eigenvalue weighted by Crippen LogP contribution is -2.20. The van der Waals surface area contributed by atoms with E-state index in [-0.39, 0.29) is 41.5 Å². The Morgan fingerprint density at radius 3 is 1.67 bits per heavy atom. The number of rotatable bonds is 12. The molecular weight excluding hydrogens is 598 g/mol. The Bertz CT molecular complexity index is 1850. The van der Waals surface area contributed by atoms with E-state index >= 15 is 0 Å². The summed E-state index contributed by atoms with van der Waals surface area (Å²) < 4.78 is 35.2. The summed E-state index contributed by atoms with van der Waals surface area (Å²) >= 11 is 6.92. The number of carbonyl (C=O) groups is 1. The number of fused-ring (bicyclic) bond motifs is 1. The first-order valence-electron chi connectivity index (χ1n) is 14.0. The molecule has 1 aromatic heterocycles. The number of benzene rings is 4. The van der Waals surface area contributed by atoms with Gasteiger partial charge in [-0.15, -0.1) is 0 Å². The van der Waals surface area contributed by atoms with Crippen LogP contribution in [0.1, 0.15) is 27.0 Å². The smallest absolute Gasteiger partial charge is 0.344 e. The van der Waals surface area contributed by atoms with Gasteiger partial charge < -0.3 is 33.0 Å². The molecule has 0 atom stereocenters. The maximum Gasteiger partial charge on any atom is 0.344 e. The predicted molar refractivity (Wildman–Crippen MR) is 171 cm³/mol. The van der Waals surface area contributed by atoms with E-state index in [0.717, 1.165) is 22.4 Å². The summed E-state index contributed by atoms with van der Waals surface area (Å²) in [5.41, 5.74) is 2.19. The van der Waals surface area contributed by atoms with Gasteiger partial charge in [-0.1, -0.05) is 48.0 Å². The Morgan fingerprint density at radius 1 is 0.711 bits per heavy atom. The monoisotopic (exact) mass is 629 g/mol. The molecule has 4 aromatic carbocycles. The van der Waals surface area contributed by atoms with Crippen LogP contribution in [0.3, 0.4) is 0 Å². The molecule has 0 saturated carbocycles. The van der Waals surface area contributed by atoms with Crippen LogP contribution in [0.5, 0.6) is 28.7 Å². The van der Waals surface area contributed by atoms with Gasteiger partial charge in [-0.25, -0.2) is 4.79 Å². The van der Waals surface area contributed by atoms with Crippen molar-refractivity contribution in [1.82, 2.24) is 4.57 Å². The van der Waals surface area contributed by atoms with Gasteiger partial charge in [0.15, 0.2) is 11.5 Å². The molecule has 10 heteroatoms.